The topological polar surface area (TPSA) is 114 Å². The van der Waals surface area contributed by atoms with Gasteiger partial charge in [-0.15, -0.1) is 17.0 Å². The Labute approximate surface area is 82.0 Å². The zero-order valence-corrected chi connectivity index (χ0v) is 7.99. The van der Waals surface area contributed by atoms with Gasteiger partial charge in [0.25, 0.3) is 11.2 Å². The second kappa shape index (κ2) is 3.05. The first kappa shape index (κ1) is 9.52. The molecule has 4 N–H and O–H groups in total. The summed E-state index contributed by atoms with van der Waals surface area (Å²) in [5.41, 5.74) is 4.81. The molecule has 0 fully saturated rings. The van der Waals surface area contributed by atoms with E-state index in [4.69, 9.17) is 5.73 Å². The molecule has 0 aliphatic rings. The lowest BCUT2D eigenvalue weighted by molar-refractivity contribution is -0.577. The molecule has 0 unspecified atom stereocenters. The molecule has 0 aromatic carbocycles. The minimum Gasteiger partial charge on any atom is -0.710 e. The fourth-order valence-electron chi connectivity index (χ4n) is 0.974. The Hall–Kier alpha value is -1.57. The van der Waals surface area contributed by atoms with Crippen LogP contribution in [0.1, 0.15) is 0 Å². The molecule has 2 heterocycles. The number of anilines is 1. The van der Waals surface area contributed by atoms with E-state index in [0.29, 0.717) is 4.73 Å². The molecule has 0 bridgehead atoms. The van der Waals surface area contributed by atoms with Gasteiger partial charge in [0.2, 0.25) is 12.3 Å². The van der Waals surface area contributed by atoms with Crippen LogP contribution in [0.5, 0.6) is 0 Å². The van der Waals surface area contributed by atoms with E-state index in [1.807, 2.05) is 0 Å². The summed E-state index contributed by atoms with van der Waals surface area (Å²) in [6.45, 7) is 0. The number of hydrogen-bond acceptors (Lipinski definition) is 4. The second-order valence-corrected chi connectivity index (χ2v) is 2.25. The number of nitrogens with zero attached hydrogens (tertiary/aromatic N) is 2. The van der Waals surface area contributed by atoms with Crippen LogP contribution in [-0.2, 0) is 0 Å². The Morgan fingerprint density at radius 3 is 3.00 bits per heavy atom. The summed E-state index contributed by atoms with van der Waals surface area (Å²) < 4.78 is 0.403. The molecule has 2 aromatic heterocycles. The van der Waals surface area contributed by atoms with E-state index in [1.165, 1.54) is 0 Å². The number of hydrogen-bond donors (Lipinski definition) is 3. The average Bonchev–Trinajstić information content (AvgIpc) is 2.31. The first-order chi connectivity index (χ1) is 5.68. The Morgan fingerprint density at radius 2 is 2.31 bits per heavy atom. The van der Waals surface area contributed by atoms with Crippen LogP contribution < -0.4 is 16.0 Å². The molecule has 8 heteroatoms. The van der Waals surface area contributed by atoms with Crippen molar-refractivity contribution in [3.8, 4) is 0 Å². The van der Waals surface area contributed by atoms with Crippen LogP contribution in [0, 0.1) is 5.21 Å². The van der Waals surface area contributed by atoms with Crippen molar-refractivity contribution < 1.29 is 4.73 Å². The molecule has 0 aliphatic carbocycles. The molecule has 7 nitrogen and oxygen atoms in total. The van der Waals surface area contributed by atoms with Gasteiger partial charge in [0.15, 0.2) is 0 Å². The number of nitrogens with two attached hydrogens (primary N) is 1. The van der Waals surface area contributed by atoms with Crippen LogP contribution in [0.3, 0.4) is 0 Å². The van der Waals surface area contributed by atoms with Crippen molar-refractivity contribution in [2.24, 2.45) is 0 Å². The number of rotatable bonds is 0. The molecular weight excluding hydrogens is 242 g/mol. The minimum absolute atomic E-state index is 0. The fourth-order valence-corrected chi connectivity index (χ4v) is 0.974. The van der Waals surface area contributed by atoms with Gasteiger partial charge in [-0.05, 0) is 0 Å². The molecule has 2 aromatic rings. The van der Waals surface area contributed by atoms with Crippen LogP contribution >= 0.6 is 17.0 Å². The molecule has 0 radical (unpaired) electrons. The van der Waals surface area contributed by atoms with Crippen molar-refractivity contribution in [2.75, 3.05) is 5.73 Å². The van der Waals surface area contributed by atoms with E-state index in [0.717, 1.165) is 6.33 Å². The number of nitrogen functional groups attached to an aromatic ring is 1. The Morgan fingerprint density at radius 1 is 1.62 bits per heavy atom. The van der Waals surface area contributed by atoms with Gasteiger partial charge >= 0.3 is 5.56 Å². The van der Waals surface area contributed by atoms with Gasteiger partial charge in [-0.2, -0.15) is 4.98 Å². The van der Waals surface area contributed by atoms with Gasteiger partial charge in [-0.3, -0.25) is 9.78 Å². The van der Waals surface area contributed by atoms with Crippen LogP contribution in [0.2, 0.25) is 0 Å². The highest BCUT2D eigenvalue weighted by Crippen LogP contribution is 1.97. The highest BCUT2D eigenvalue weighted by atomic mass is 79.9. The van der Waals surface area contributed by atoms with Crippen molar-refractivity contribution in [3.63, 3.8) is 0 Å². The Kier molecular flexibility index (Phi) is 2.24. The first-order valence-electron chi connectivity index (χ1n) is 3.14. The number of aromatic amines is 2. The molecule has 0 aliphatic heterocycles. The number of halogens is 1. The van der Waals surface area contributed by atoms with Gasteiger partial charge < -0.3 is 10.9 Å². The van der Waals surface area contributed by atoms with Gasteiger partial charge in [-0.1, -0.05) is 0 Å². The highest BCUT2D eigenvalue weighted by Gasteiger charge is 2.10. The fraction of sp³-hybridized carbons (Fsp3) is 0. The SMILES string of the molecule is Br.Nc1nc2[nH]c[n+]([O-])c2c(=O)[nH]1. The number of nitrogens with one attached hydrogen (secondary N) is 2. The van der Waals surface area contributed by atoms with Crippen molar-refractivity contribution in [3.05, 3.63) is 21.9 Å². The highest BCUT2D eigenvalue weighted by molar-refractivity contribution is 8.93. The third-order valence-corrected chi connectivity index (χ3v) is 1.45. The van der Waals surface area contributed by atoms with E-state index in [-0.39, 0.29) is 34.1 Å². The van der Waals surface area contributed by atoms with Crippen molar-refractivity contribution in [1.29, 1.82) is 0 Å². The smallest absolute Gasteiger partial charge is 0.304 e. The van der Waals surface area contributed by atoms with Crippen molar-refractivity contribution >= 4 is 34.1 Å². The number of imidazole rings is 1. The molecule has 0 atom stereocenters. The van der Waals surface area contributed by atoms with Crippen LogP contribution in [0.25, 0.3) is 11.2 Å². The summed E-state index contributed by atoms with van der Waals surface area (Å²) in [4.78, 5) is 19.5. The maximum absolute atomic E-state index is 11.1. The molecule has 13 heavy (non-hydrogen) atoms. The number of aromatic nitrogens is 4. The monoisotopic (exact) mass is 247 g/mol. The molecule has 2 rings (SSSR count). The summed E-state index contributed by atoms with van der Waals surface area (Å²) in [6.07, 6.45) is 1.09. The quantitative estimate of drug-likeness (QED) is 0.411. The van der Waals surface area contributed by atoms with E-state index in [2.05, 4.69) is 15.0 Å². The molecule has 0 spiro atoms. The zero-order valence-electron chi connectivity index (χ0n) is 6.27. The molecule has 0 amide bonds. The molecule has 0 saturated carbocycles. The van der Waals surface area contributed by atoms with E-state index >= 15 is 0 Å². The summed E-state index contributed by atoms with van der Waals surface area (Å²) in [5, 5.41) is 10.9. The van der Waals surface area contributed by atoms with Crippen LogP contribution in [0.4, 0.5) is 5.95 Å². The van der Waals surface area contributed by atoms with E-state index < -0.39 is 5.56 Å². The second-order valence-electron chi connectivity index (χ2n) is 2.25. The predicted molar refractivity (Wildman–Crippen MR) is 50.4 cm³/mol. The largest absolute Gasteiger partial charge is 0.710 e. The first-order valence-corrected chi connectivity index (χ1v) is 3.14. The van der Waals surface area contributed by atoms with E-state index in [1.54, 1.807) is 0 Å². The summed E-state index contributed by atoms with van der Waals surface area (Å²) in [7, 11) is 0. The molecular formula is C5H6BrN5O2. The lowest BCUT2D eigenvalue weighted by atomic mass is 10.5. The lowest BCUT2D eigenvalue weighted by Gasteiger charge is -1.94. The predicted octanol–water partition coefficient (Wildman–Crippen LogP) is -0.955. The van der Waals surface area contributed by atoms with Gasteiger partial charge in [0.1, 0.15) is 0 Å². The summed E-state index contributed by atoms with van der Waals surface area (Å²) in [6, 6.07) is 0. The van der Waals surface area contributed by atoms with Crippen molar-refractivity contribution in [2.45, 2.75) is 0 Å². The standard InChI is InChI=1S/C5H5N5O2.BrH/c6-5-8-3-2(4(11)9-5)10(12)1-7-3;/h1H,(H4,6,7,8,9,11);1H. The summed E-state index contributed by atoms with van der Waals surface area (Å²) >= 11 is 0. The maximum Gasteiger partial charge on any atom is 0.304 e. The van der Waals surface area contributed by atoms with E-state index in [9.17, 15) is 10.0 Å². The Balaban J connectivity index is 0.000000845. The third-order valence-electron chi connectivity index (χ3n) is 1.45. The molecule has 0 saturated heterocycles. The normalized spacial score (nSPS) is 9.85. The average molecular weight is 248 g/mol. The van der Waals surface area contributed by atoms with Crippen molar-refractivity contribution in [1.82, 2.24) is 15.0 Å². The summed E-state index contributed by atoms with van der Waals surface area (Å²) in [5.74, 6) is -0.0186. The van der Waals surface area contributed by atoms with Crippen LogP contribution in [-0.4, -0.2) is 15.0 Å². The van der Waals surface area contributed by atoms with Gasteiger partial charge in [0, 0.05) is 0 Å². The third kappa shape index (κ3) is 1.35. The zero-order chi connectivity index (χ0) is 8.72. The maximum atomic E-state index is 11.1. The minimum atomic E-state index is -0.547. The Bertz CT molecular complexity index is 489. The van der Waals surface area contributed by atoms with Gasteiger partial charge in [-0.25, -0.2) is 9.71 Å². The number of fused-ring (bicyclic) bond motifs is 1. The van der Waals surface area contributed by atoms with Crippen LogP contribution in [0.15, 0.2) is 11.1 Å². The molecule has 70 valence electrons. The van der Waals surface area contributed by atoms with Gasteiger partial charge in [0.05, 0.1) is 0 Å². The lowest BCUT2D eigenvalue weighted by Crippen LogP contribution is -2.29. The number of H-pyrrole nitrogens is 2.